The molecule has 3 aromatic rings. The zero-order valence-electron chi connectivity index (χ0n) is 11.1. The van der Waals surface area contributed by atoms with E-state index in [-0.39, 0.29) is 10.8 Å². The number of aromatic hydroxyl groups is 1. The Morgan fingerprint density at radius 1 is 1.43 bits per heavy atom. The van der Waals surface area contributed by atoms with E-state index < -0.39 is 5.97 Å². The fourth-order valence-electron chi connectivity index (χ4n) is 2.22. The minimum atomic E-state index is -0.394. The van der Waals surface area contributed by atoms with Crippen LogP contribution >= 0.6 is 11.3 Å². The van der Waals surface area contributed by atoms with Crippen molar-refractivity contribution < 1.29 is 14.6 Å². The molecule has 0 fully saturated rings. The first-order valence-electron chi connectivity index (χ1n) is 6.17. The van der Waals surface area contributed by atoms with Crippen LogP contribution in [0.15, 0.2) is 29.2 Å². The van der Waals surface area contributed by atoms with Crippen LogP contribution in [-0.2, 0) is 11.2 Å². The SMILES string of the molecule is COC(=O)c1ccc2c(Cc3sc(=O)[nH]c3O)c[nH]c2c1. The van der Waals surface area contributed by atoms with E-state index >= 15 is 0 Å². The number of ether oxygens (including phenoxy) is 1. The van der Waals surface area contributed by atoms with Crippen molar-refractivity contribution in [3.8, 4) is 5.88 Å². The summed E-state index contributed by atoms with van der Waals surface area (Å²) >= 11 is 0.984. The molecule has 0 amide bonds. The molecule has 0 saturated heterocycles. The Morgan fingerprint density at radius 3 is 2.90 bits per heavy atom. The van der Waals surface area contributed by atoms with Crippen LogP contribution in [0.3, 0.4) is 0 Å². The summed E-state index contributed by atoms with van der Waals surface area (Å²) < 4.78 is 4.68. The van der Waals surface area contributed by atoms with Gasteiger partial charge in [0, 0.05) is 23.5 Å². The van der Waals surface area contributed by atoms with Crippen molar-refractivity contribution in [2.45, 2.75) is 6.42 Å². The van der Waals surface area contributed by atoms with Crippen molar-refractivity contribution in [3.63, 3.8) is 0 Å². The summed E-state index contributed by atoms with van der Waals surface area (Å²) in [5.74, 6) is -0.486. The van der Waals surface area contributed by atoms with Gasteiger partial charge in [-0.05, 0) is 17.7 Å². The number of carbonyl (C=O) groups excluding carboxylic acids is 1. The van der Waals surface area contributed by atoms with E-state index in [1.807, 2.05) is 6.07 Å². The summed E-state index contributed by atoms with van der Waals surface area (Å²) in [4.78, 5) is 28.4. The number of rotatable bonds is 3. The molecule has 0 aliphatic carbocycles. The predicted octanol–water partition coefficient (Wildman–Crippen LogP) is 2.00. The van der Waals surface area contributed by atoms with Gasteiger partial charge < -0.3 is 14.8 Å². The van der Waals surface area contributed by atoms with Gasteiger partial charge in [-0.1, -0.05) is 17.4 Å². The highest BCUT2D eigenvalue weighted by molar-refractivity contribution is 7.09. The average Bonchev–Trinajstić information content (AvgIpc) is 3.01. The topological polar surface area (TPSA) is 95.2 Å². The van der Waals surface area contributed by atoms with Crippen molar-refractivity contribution in [2.24, 2.45) is 0 Å². The second-order valence-electron chi connectivity index (χ2n) is 4.53. The number of H-pyrrole nitrogens is 2. The Hall–Kier alpha value is -2.54. The molecule has 21 heavy (non-hydrogen) atoms. The fourth-order valence-corrected chi connectivity index (χ4v) is 2.97. The van der Waals surface area contributed by atoms with Crippen LogP contribution in [0.4, 0.5) is 0 Å². The summed E-state index contributed by atoms with van der Waals surface area (Å²) in [6, 6.07) is 5.22. The summed E-state index contributed by atoms with van der Waals surface area (Å²) in [6.45, 7) is 0. The monoisotopic (exact) mass is 304 g/mol. The Balaban J connectivity index is 1.99. The van der Waals surface area contributed by atoms with Crippen LogP contribution in [0.25, 0.3) is 10.9 Å². The summed E-state index contributed by atoms with van der Waals surface area (Å²) in [5, 5.41) is 10.6. The second kappa shape index (κ2) is 5.10. The van der Waals surface area contributed by atoms with Gasteiger partial charge in [-0.15, -0.1) is 0 Å². The van der Waals surface area contributed by atoms with E-state index in [0.717, 1.165) is 27.8 Å². The minimum absolute atomic E-state index is 0.0921. The normalized spacial score (nSPS) is 10.9. The van der Waals surface area contributed by atoms with Crippen LogP contribution in [-0.4, -0.2) is 28.2 Å². The second-order valence-corrected chi connectivity index (χ2v) is 5.60. The summed E-state index contributed by atoms with van der Waals surface area (Å²) in [7, 11) is 1.34. The molecule has 0 aliphatic rings. The molecule has 2 aromatic heterocycles. The van der Waals surface area contributed by atoms with Crippen LogP contribution in [0.1, 0.15) is 20.8 Å². The van der Waals surface area contributed by atoms with Gasteiger partial charge in [-0.25, -0.2) is 4.79 Å². The number of carbonyl (C=O) groups is 1. The standard InChI is InChI=1S/C14H12N2O4S/c1-20-13(18)7-2-3-9-8(6-15-10(9)4-7)5-11-12(17)16-14(19)21-11/h2-4,6,15,17H,5H2,1H3,(H,16,19). The molecule has 7 heteroatoms. The van der Waals surface area contributed by atoms with E-state index in [9.17, 15) is 14.7 Å². The number of thiazole rings is 1. The molecular weight excluding hydrogens is 292 g/mol. The smallest absolute Gasteiger partial charge is 0.337 e. The lowest BCUT2D eigenvalue weighted by molar-refractivity contribution is 0.0601. The lowest BCUT2D eigenvalue weighted by atomic mass is 10.1. The Bertz CT molecular complexity index is 875. The third kappa shape index (κ3) is 2.43. The van der Waals surface area contributed by atoms with Gasteiger partial charge in [0.05, 0.1) is 17.6 Å². The molecule has 108 valence electrons. The van der Waals surface area contributed by atoms with E-state index in [1.54, 1.807) is 18.3 Å². The Labute approximate surface area is 123 Å². The highest BCUT2D eigenvalue weighted by Gasteiger charge is 2.13. The lowest BCUT2D eigenvalue weighted by Gasteiger charge is -2.00. The van der Waals surface area contributed by atoms with Crippen molar-refractivity contribution in [1.29, 1.82) is 0 Å². The maximum atomic E-state index is 11.5. The van der Waals surface area contributed by atoms with Crippen molar-refractivity contribution in [1.82, 2.24) is 9.97 Å². The highest BCUT2D eigenvalue weighted by Crippen LogP contribution is 2.26. The van der Waals surface area contributed by atoms with Gasteiger partial charge in [-0.2, -0.15) is 0 Å². The van der Waals surface area contributed by atoms with Gasteiger partial charge in [0.25, 0.3) is 0 Å². The predicted molar refractivity (Wildman–Crippen MR) is 79.0 cm³/mol. The van der Waals surface area contributed by atoms with E-state index in [2.05, 4.69) is 14.7 Å². The van der Waals surface area contributed by atoms with Crippen LogP contribution in [0, 0.1) is 0 Å². The molecule has 0 atom stereocenters. The van der Waals surface area contributed by atoms with Crippen LogP contribution in [0.5, 0.6) is 5.88 Å². The van der Waals surface area contributed by atoms with E-state index in [0.29, 0.717) is 16.9 Å². The fraction of sp³-hybridized carbons (Fsp3) is 0.143. The first kappa shape index (κ1) is 13.4. The van der Waals surface area contributed by atoms with Crippen molar-refractivity contribution in [3.05, 3.63) is 50.1 Å². The van der Waals surface area contributed by atoms with E-state index in [4.69, 9.17) is 0 Å². The molecule has 3 rings (SSSR count). The number of aromatic amines is 2. The molecule has 0 aliphatic heterocycles. The molecule has 0 saturated carbocycles. The number of nitrogens with one attached hydrogen (secondary N) is 2. The van der Waals surface area contributed by atoms with Gasteiger partial charge in [0.15, 0.2) is 0 Å². The third-order valence-corrected chi connectivity index (χ3v) is 4.11. The molecule has 3 N–H and O–H groups in total. The molecule has 6 nitrogen and oxygen atoms in total. The molecule has 2 heterocycles. The molecule has 0 unspecified atom stereocenters. The zero-order chi connectivity index (χ0) is 15.0. The van der Waals surface area contributed by atoms with Crippen LogP contribution in [0.2, 0.25) is 0 Å². The first-order chi connectivity index (χ1) is 10.1. The number of esters is 1. The molecule has 0 bridgehead atoms. The molecule has 0 spiro atoms. The third-order valence-electron chi connectivity index (χ3n) is 3.24. The lowest BCUT2D eigenvalue weighted by Crippen LogP contribution is -2.00. The number of methoxy groups -OCH3 is 1. The number of benzene rings is 1. The Morgan fingerprint density at radius 2 is 2.24 bits per heavy atom. The number of fused-ring (bicyclic) bond motifs is 1. The summed E-state index contributed by atoms with van der Waals surface area (Å²) in [6.07, 6.45) is 2.24. The van der Waals surface area contributed by atoms with Crippen molar-refractivity contribution in [2.75, 3.05) is 7.11 Å². The van der Waals surface area contributed by atoms with Gasteiger partial charge in [0.1, 0.15) is 0 Å². The molecule has 0 radical (unpaired) electrons. The Kier molecular flexibility index (Phi) is 3.26. The van der Waals surface area contributed by atoms with Gasteiger partial charge >= 0.3 is 10.8 Å². The zero-order valence-corrected chi connectivity index (χ0v) is 11.9. The molecule has 1 aromatic carbocycles. The van der Waals surface area contributed by atoms with Crippen LogP contribution < -0.4 is 4.87 Å². The number of hydrogen-bond acceptors (Lipinski definition) is 5. The largest absolute Gasteiger partial charge is 0.494 e. The highest BCUT2D eigenvalue weighted by atomic mass is 32.1. The van der Waals surface area contributed by atoms with Gasteiger partial charge in [-0.3, -0.25) is 9.78 Å². The molecular formula is C14H12N2O4S. The number of aromatic nitrogens is 2. The maximum absolute atomic E-state index is 11.5. The maximum Gasteiger partial charge on any atom is 0.337 e. The average molecular weight is 304 g/mol. The first-order valence-corrected chi connectivity index (χ1v) is 6.99. The van der Waals surface area contributed by atoms with Gasteiger partial charge in [0.2, 0.25) is 5.88 Å². The van der Waals surface area contributed by atoms with Crippen molar-refractivity contribution >= 4 is 28.2 Å². The number of hydrogen-bond donors (Lipinski definition) is 3. The minimum Gasteiger partial charge on any atom is -0.494 e. The van der Waals surface area contributed by atoms with E-state index in [1.165, 1.54) is 7.11 Å². The quantitative estimate of drug-likeness (QED) is 0.645. The summed E-state index contributed by atoms with van der Waals surface area (Å²) in [5.41, 5.74) is 2.20.